The monoisotopic (exact) mass is 269 g/mol. The molecular weight excluding hydrogens is 254 g/mol. The number of carbonyl (C=O) groups excluding carboxylic acids is 1. The van der Waals surface area contributed by atoms with Crippen LogP contribution in [0.4, 0.5) is 0 Å². The zero-order chi connectivity index (χ0) is 13.2. The van der Waals surface area contributed by atoms with E-state index in [4.69, 9.17) is 0 Å². The van der Waals surface area contributed by atoms with Gasteiger partial charge in [0.1, 0.15) is 0 Å². The van der Waals surface area contributed by atoms with Gasteiger partial charge in [0, 0.05) is 41.0 Å². The van der Waals surface area contributed by atoms with E-state index < -0.39 is 0 Å². The molecule has 0 bridgehead atoms. The summed E-state index contributed by atoms with van der Waals surface area (Å²) < 4.78 is 2.31. The SMILES string of the molecule is CC(=O)SCCn1c2ccccc2c2ccccc21. The number of aromatic nitrogens is 1. The van der Waals surface area contributed by atoms with Gasteiger partial charge in [0.05, 0.1) is 0 Å². The molecule has 3 aromatic rings. The van der Waals surface area contributed by atoms with Crippen molar-refractivity contribution in [2.24, 2.45) is 0 Å². The number of carbonyl (C=O) groups is 1. The maximum absolute atomic E-state index is 11.1. The number of nitrogens with zero attached hydrogens (tertiary/aromatic N) is 1. The third kappa shape index (κ3) is 2.26. The summed E-state index contributed by atoms with van der Waals surface area (Å²) in [6.07, 6.45) is 0. The van der Waals surface area contributed by atoms with Crippen LogP contribution in [0.1, 0.15) is 6.92 Å². The molecule has 2 aromatic carbocycles. The first kappa shape index (κ1) is 12.3. The second kappa shape index (κ2) is 5.10. The minimum Gasteiger partial charge on any atom is -0.340 e. The summed E-state index contributed by atoms with van der Waals surface area (Å²) in [5.41, 5.74) is 2.49. The second-order valence-electron chi connectivity index (χ2n) is 4.53. The second-order valence-corrected chi connectivity index (χ2v) is 5.80. The number of rotatable bonds is 3. The van der Waals surface area contributed by atoms with Crippen LogP contribution in [0.3, 0.4) is 0 Å². The number of hydrogen-bond donors (Lipinski definition) is 0. The van der Waals surface area contributed by atoms with E-state index in [1.165, 1.54) is 33.6 Å². The molecule has 1 heterocycles. The summed E-state index contributed by atoms with van der Waals surface area (Å²) in [5.74, 6) is 0.817. The fraction of sp³-hybridized carbons (Fsp3) is 0.188. The van der Waals surface area contributed by atoms with Crippen molar-refractivity contribution in [3.8, 4) is 0 Å². The molecule has 0 saturated carbocycles. The molecule has 0 aliphatic carbocycles. The Morgan fingerprint density at radius 3 is 2.05 bits per heavy atom. The first-order valence-corrected chi connectivity index (χ1v) is 7.35. The predicted octanol–water partition coefficient (Wildman–Crippen LogP) is 4.07. The Morgan fingerprint density at radius 2 is 1.53 bits per heavy atom. The van der Waals surface area contributed by atoms with E-state index >= 15 is 0 Å². The molecule has 0 spiro atoms. The van der Waals surface area contributed by atoms with Crippen molar-refractivity contribution in [2.75, 3.05) is 5.75 Å². The van der Waals surface area contributed by atoms with E-state index in [1.807, 2.05) is 0 Å². The average molecular weight is 269 g/mol. The molecule has 0 radical (unpaired) electrons. The molecule has 0 fully saturated rings. The van der Waals surface area contributed by atoms with E-state index in [-0.39, 0.29) is 5.12 Å². The summed E-state index contributed by atoms with van der Waals surface area (Å²) in [5, 5.41) is 2.75. The lowest BCUT2D eigenvalue weighted by atomic mass is 10.2. The van der Waals surface area contributed by atoms with E-state index in [0.717, 1.165) is 12.3 Å². The quantitative estimate of drug-likeness (QED) is 0.715. The van der Waals surface area contributed by atoms with E-state index in [0.29, 0.717) is 0 Å². The largest absolute Gasteiger partial charge is 0.340 e. The van der Waals surface area contributed by atoms with Gasteiger partial charge in [-0.15, -0.1) is 0 Å². The highest BCUT2D eigenvalue weighted by Crippen LogP contribution is 2.28. The van der Waals surface area contributed by atoms with Gasteiger partial charge >= 0.3 is 0 Å². The van der Waals surface area contributed by atoms with Crippen molar-refractivity contribution in [1.82, 2.24) is 4.57 Å². The maximum atomic E-state index is 11.1. The standard InChI is InChI=1S/C16H15NOS/c1-12(18)19-11-10-17-15-8-4-2-6-13(15)14-7-3-5-9-16(14)17/h2-9H,10-11H2,1H3. The van der Waals surface area contributed by atoms with Crippen molar-refractivity contribution in [3.05, 3.63) is 48.5 Å². The Labute approximate surface area is 116 Å². The highest BCUT2D eigenvalue weighted by Gasteiger charge is 2.09. The van der Waals surface area contributed by atoms with Gasteiger partial charge in [-0.3, -0.25) is 4.79 Å². The van der Waals surface area contributed by atoms with Crippen LogP contribution in [0.15, 0.2) is 48.5 Å². The van der Waals surface area contributed by atoms with Crippen LogP contribution < -0.4 is 0 Å². The van der Waals surface area contributed by atoms with Crippen molar-refractivity contribution < 1.29 is 4.79 Å². The fourth-order valence-corrected chi connectivity index (χ4v) is 3.09. The van der Waals surface area contributed by atoms with Crippen LogP contribution >= 0.6 is 11.8 Å². The highest BCUT2D eigenvalue weighted by molar-refractivity contribution is 8.13. The van der Waals surface area contributed by atoms with Crippen LogP contribution in [0.5, 0.6) is 0 Å². The molecule has 3 rings (SSSR count). The molecule has 0 N–H and O–H groups in total. The smallest absolute Gasteiger partial charge is 0.185 e. The Kier molecular flexibility index (Phi) is 3.30. The van der Waals surface area contributed by atoms with Crippen molar-refractivity contribution in [2.45, 2.75) is 13.5 Å². The fourth-order valence-electron chi connectivity index (χ4n) is 2.52. The van der Waals surface area contributed by atoms with Gasteiger partial charge < -0.3 is 4.57 Å². The normalized spacial score (nSPS) is 11.2. The van der Waals surface area contributed by atoms with Gasteiger partial charge in [0.2, 0.25) is 0 Å². The molecule has 0 aliphatic heterocycles. The Hall–Kier alpha value is -1.74. The van der Waals surface area contributed by atoms with Crippen molar-refractivity contribution in [1.29, 1.82) is 0 Å². The Bertz CT molecular complexity index is 691. The summed E-state index contributed by atoms with van der Waals surface area (Å²) in [4.78, 5) is 11.1. The molecule has 0 saturated heterocycles. The molecule has 0 amide bonds. The van der Waals surface area contributed by atoms with Gasteiger partial charge in [0.15, 0.2) is 5.12 Å². The van der Waals surface area contributed by atoms with Crippen LogP contribution in [0, 0.1) is 0 Å². The number of thioether (sulfide) groups is 1. The molecule has 1 aromatic heterocycles. The number of aryl methyl sites for hydroxylation is 1. The first-order chi connectivity index (χ1) is 9.27. The lowest BCUT2D eigenvalue weighted by molar-refractivity contribution is -0.109. The molecule has 96 valence electrons. The van der Waals surface area contributed by atoms with Gasteiger partial charge in [0.25, 0.3) is 0 Å². The van der Waals surface area contributed by atoms with Gasteiger partial charge in [-0.05, 0) is 12.1 Å². The van der Waals surface area contributed by atoms with Crippen molar-refractivity contribution in [3.63, 3.8) is 0 Å². The summed E-state index contributed by atoms with van der Waals surface area (Å²) >= 11 is 1.39. The third-order valence-electron chi connectivity index (χ3n) is 3.30. The maximum Gasteiger partial charge on any atom is 0.185 e. The molecule has 0 atom stereocenters. The number of hydrogen-bond acceptors (Lipinski definition) is 2. The molecule has 0 aliphatic rings. The lowest BCUT2D eigenvalue weighted by Crippen LogP contribution is -2.01. The molecule has 0 unspecified atom stereocenters. The number of fused-ring (bicyclic) bond motifs is 3. The Balaban J connectivity index is 2.11. The summed E-state index contributed by atoms with van der Waals surface area (Å²) in [7, 11) is 0. The van der Waals surface area contributed by atoms with Crippen LogP contribution in [-0.2, 0) is 11.3 Å². The number of para-hydroxylation sites is 2. The first-order valence-electron chi connectivity index (χ1n) is 6.37. The van der Waals surface area contributed by atoms with Gasteiger partial charge in [-0.2, -0.15) is 0 Å². The minimum atomic E-state index is 0.181. The van der Waals surface area contributed by atoms with E-state index in [9.17, 15) is 4.79 Å². The number of benzene rings is 2. The summed E-state index contributed by atoms with van der Waals surface area (Å²) in [6.45, 7) is 2.48. The predicted molar refractivity (Wildman–Crippen MR) is 82.6 cm³/mol. The van der Waals surface area contributed by atoms with E-state index in [1.54, 1.807) is 6.92 Å². The zero-order valence-electron chi connectivity index (χ0n) is 10.8. The van der Waals surface area contributed by atoms with Gasteiger partial charge in [-0.1, -0.05) is 48.2 Å². The van der Waals surface area contributed by atoms with Crippen molar-refractivity contribution >= 4 is 38.7 Å². The summed E-state index contributed by atoms with van der Waals surface area (Å²) in [6, 6.07) is 16.9. The van der Waals surface area contributed by atoms with E-state index in [2.05, 4.69) is 53.1 Å². The molecule has 19 heavy (non-hydrogen) atoms. The molecule has 2 nitrogen and oxygen atoms in total. The Morgan fingerprint density at radius 1 is 1.00 bits per heavy atom. The lowest BCUT2D eigenvalue weighted by Gasteiger charge is -2.06. The molecular formula is C16H15NOS. The van der Waals surface area contributed by atoms with Gasteiger partial charge in [-0.25, -0.2) is 0 Å². The minimum absolute atomic E-state index is 0.181. The third-order valence-corrected chi connectivity index (χ3v) is 4.09. The topological polar surface area (TPSA) is 22.0 Å². The van der Waals surface area contributed by atoms with Crippen LogP contribution in [0.2, 0.25) is 0 Å². The average Bonchev–Trinajstić information content (AvgIpc) is 2.74. The highest BCUT2D eigenvalue weighted by atomic mass is 32.2. The van der Waals surface area contributed by atoms with Crippen LogP contribution in [-0.4, -0.2) is 15.4 Å². The van der Waals surface area contributed by atoms with Crippen LogP contribution in [0.25, 0.3) is 21.8 Å². The zero-order valence-corrected chi connectivity index (χ0v) is 11.6. The molecule has 3 heteroatoms.